The second-order valence-electron chi connectivity index (χ2n) is 7.32. The number of urea groups is 1. The second kappa shape index (κ2) is 8.44. The highest BCUT2D eigenvalue weighted by molar-refractivity contribution is 5.92. The van der Waals surface area contributed by atoms with Crippen LogP contribution in [0.5, 0.6) is 0 Å². The molecule has 1 fully saturated rings. The number of piperazine rings is 1. The van der Waals surface area contributed by atoms with Crippen LogP contribution in [0.2, 0.25) is 0 Å². The summed E-state index contributed by atoms with van der Waals surface area (Å²) in [6.45, 7) is 7.31. The van der Waals surface area contributed by atoms with E-state index in [4.69, 9.17) is 0 Å². The molecule has 0 bridgehead atoms. The molecule has 1 N–H and O–H groups in total. The van der Waals surface area contributed by atoms with Gasteiger partial charge < -0.3 is 14.8 Å². The maximum Gasteiger partial charge on any atom is 0.321 e. The highest BCUT2D eigenvalue weighted by Gasteiger charge is 2.21. The minimum Gasteiger partial charge on any atom is -0.331 e. The lowest BCUT2D eigenvalue weighted by Crippen LogP contribution is -2.49. The number of nitrogens with zero attached hydrogens (tertiary/aromatic N) is 4. The van der Waals surface area contributed by atoms with Gasteiger partial charge in [0.25, 0.3) is 0 Å². The molecule has 0 unspecified atom stereocenters. The van der Waals surface area contributed by atoms with E-state index in [1.807, 2.05) is 35.5 Å². The van der Waals surface area contributed by atoms with Gasteiger partial charge in [0, 0.05) is 45.0 Å². The zero-order valence-electron chi connectivity index (χ0n) is 16.3. The summed E-state index contributed by atoms with van der Waals surface area (Å²) in [5, 5.41) is 3.03. The van der Waals surface area contributed by atoms with E-state index in [0.29, 0.717) is 0 Å². The molecule has 1 aromatic heterocycles. The summed E-state index contributed by atoms with van der Waals surface area (Å²) < 4.78 is 2.15. The van der Waals surface area contributed by atoms with Crippen molar-refractivity contribution in [2.75, 3.05) is 31.5 Å². The molecule has 0 spiro atoms. The third-order valence-corrected chi connectivity index (χ3v) is 5.25. The Morgan fingerprint density at radius 2 is 1.86 bits per heavy atom. The fourth-order valence-electron chi connectivity index (χ4n) is 3.71. The van der Waals surface area contributed by atoms with Crippen LogP contribution in [0.15, 0.2) is 54.9 Å². The average Bonchev–Trinajstić information content (AvgIpc) is 3.12. The van der Waals surface area contributed by atoms with E-state index >= 15 is 0 Å². The van der Waals surface area contributed by atoms with Gasteiger partial charge in [-0.1, -0.05) is 37.3 Å². The van der Waals surface area contributed by atoms with Crippen molar-refractivity contribution < 1.29 is 4.79 Å². The minimum absolute atomic E-state index is 0.0355. The van der Waals surface area contributed by atoms with E-state index in [1.54, 1.807) is 0 Å². The maximum absolute atomic E-state index is 12.6. The van der Waals surface area contributed by atoms with E-state index in [0.717, 1.165) is 62.4 Å². The van der Waals surface area contributed by atoms with Crippen LogP contribution >= 0.6 is 0 Å². The molecular weight excluding hydrogens is 350 g/mol. The molecule has 0 radical (unpaired) electrons. The third-order valence-electron chi connectivity index (χ3n) is 5.25. The molecule has 1 aliphatic rings. The van der Waals surface area contributed by atoms with Crippen molar-refractivity contribution in [1.29, 1.82) is 0 Å². The highest BCUT2D eigenvalue weighted by atomic mass is 16.2. The normalized spacial score (nSPS) is 15.1. The van der Waals surface area contributed by atoms with E-state index in [2.05, 4.69) is 51.0 Å². The second-order valence-corrected chi connectivity index (χ2v) is 7.32. The van der Waals surface area contributed by atoms with Crippen LogP contribution in [0.4, 0.5) is 10.5 Å². The molecule has 6 nitrogen and oxygen atoms in total. The molecule has 0 atom stereocenters. The number of aryl methyl sites for hydroxylation is 1. The third kappa shape index (κ3) is 4.17. The highest BCUT2D eigenvalue weighted by Crippen LogP contribution is 2.19. The van der Waals surface area contributed by atoms with Crippen LogP contribution in [-0.4, -0.2) is 51.6 Å². The summed E-state index contributed by atoms with van der Waals surface area (Å²) in [6, 6.07) is 16.4. The van der Waals surface area contributed by atoms with Crippen molar-refractivity contribution >= 4 is 22.8 Å². The number of hydrogen-bond acceptors (Lipinski definition) is 3. The quantitative estimate of drug-likeness (QED) is 0.736. The molecule has 2 heterocycles. The molecule has 28 heavy (non-hydrogen) atoms. The zero-order chi connectivity index (χ0) is 19.3. The number of nitrogens with one attached hydrogen (secondary N) is 1. The van der Waals surface area contributed by atoms with Crippen molar-refractivity contribution in [3.63, 3.8) is 0 Å². The van der Waals surface area contributed by atoms with E-state index in [1.165, 1.54) is 5.56 Å². The summed E-state index contributed by atoms with van der Waals surface area (Å²) in [5.74, 6) is 0. The molecule has 3 aromatic rings. The first kappa shape index (κ1) is 18.5. The molecule has 4 rings (SSSR count). The van der Waals surface area contributed by atoms with Crippen LogP contribution in [0, 0.1) is 0 Å². The number of rotatable bonds is 5. The van der Waals surface area contributed by atoms with Crippen LogP contribution < -0.4 is 5.32 Å². The zero-order valence-corrected chi connectivity index (χ0v) is 16.3. The number of benzene rings is 2. The summed E-state index contributed by atoms with van der Waals surface area (Å²) in [6.07, 6.45) is 2.94. The van der Waals surface area contributed by atoms with Gasteiger partial charge in [0.15, 0.2) is 0 Å². The van der Waals surface area contributed by atoms with Gasteiger partial charge in [0.05, 0.1) is 17.4 Å². The first-order valence-electron chi connectivity index (χ1n) is 10.00. The Morgan fingerprint density at radius 3 is 2.61 bits per heavy atom. The summed E-state index contributed by atoms with van der Waals surface area (Å²) in [4.78, 5) is 21.4. The van der Waals surface area contributed by atoms with Crippen LogP contribution in [0.1, 0.15) is 18.9 Å². The smallest absolute Gasteiger partial charge is 0.321 e. The molecule has 6 heteroatoms. The van der Waals surface area contributed by atoms with Gasteiger partial charge in [-0.15, -0.1) is 0 Å². The fourth-order valence-corrected chi connectivity index (χ4v) is 3.71. The summed E-state index contributed by atoms with van der Waals surface area (Å²) in [7, 11) is 0. The van der Waals surface area contributed by atoms with Gasteiger partial charge in [-0.2, -0.15) is 0 Å². The Bertz CT molecular complexity index is 929. The Kier molecular flexibility index (Phi) is 5.58. The van der Waals surface area contributed by atoms with Gasteiger partial charge in [-0.25, -0.2) is 9.78 Å². The van der Waals surface area contributed by atoms with Crippen LogP contribution in [-0.2, 0) is 13.1 Å². The molecule has 1 saturated heterocycles. The van der Waals surface area contributed by atoms with Gasteiger partial charge in [-0.05, 0) is 30.2 Å². The Morgan fingerprint density at radius 1 is 1.07 bits per heavy atom. The van der Waals surface area contributed by atoms with Crippen molar-refractivity contribution in [2.24, 2.45) is 0 Å². The first-order valence-corrected chi connectivity index (χ1v) is 10.00. The minimum atomic E-state index is -0.0355. The van der Waals surface area contributed by atoms with Crippen LogP contribution in [0.25, 0.3) is 11.0 Å². The van der Waals surface area contributed by atoms with Crippen LogP contribution in [0.3, 0.4) is 0 Å². The number of carbonyl (C=O) groups excluding carboxylic acids is 1. The van der Waals surface area contributed by atoms with E-state index in [9.17, 15) is 4.79 Å². The number of aromatic nitrogens is 2. The predicted octanol–water partition coefficient (Wildman–Crippen LogP) is 3.80. The van der Waals surface area contributed by atoms with Crippen molar-refractivity contribution in [1.82, 2.24) is 19.4 Å². The van der Waals surface area contributed by atoms with Crippen molar-refractivity contribution in [3.8, 4) is 0 Å². The molecule has 0 aliphatic carbocycles. The predicted molar refractivity (Wildman–Crippen MR) is 112 cm³/mol. The summed E-state index contributed by atoms with van der Waals surface area (Å²) >= 11 is 0. The molecule has 1 aliphatic heterocycles. The number of amides is 2. The monoisotopic (exact) mass is 377 g/mol. The molecular formula is C22H27N5O. The Labute approximate surface area is 165 Å². The fraction of sp³-hybridized carbons (Fsp3) is 0.364. The van der Waals surface area contributed by atoms with Gasteiger partial charge in [0.2, 0.25) is 0 Å². The lowest BCUT2D eigenvalue weighted by Gasteiger charge is -2.34. The summed E-state index contributed by atoms with van der Waals surface area (Å²) in [5.41, 5.74) is 4.13. The first-order chi connectivity index (χ1) is 13.7. The Hall–Kier alpha value is -2.86. The average molecular weight is 377 g/mol. The number of hydrogen-bond donors (Lipinski definition) is 1. The molecule has 146 valence electrons. The number of anilines is 1. The van der Waals surface area contributed by atoms with Crippen molar-refractivity contribution in [3.05, 3.63) is 60.4 Å². The number of imidazole rings is 1. The number of carbonyl (C=O) groups is 1. The lowest BCUT2D eigenvalue weighted by atomic mass is 10.2. The molecule has 2 aromatic carbocycles. The molecule has 0 saturated carbocycles. The van der Waals surface area contributed by atoms with Gasteiger partial charge >= 0.3 is 6.03 Å². The van der Waals surface area contributed by atoms with E-state index in [-0.39, 0.29) is 6.03 Å². The SMILES string of the molecule is CCCn1cnc2cc(NC(=O)N3CCN(Cc4ccccc4)CC3)ccc21. The lowest BCUT2D eigenvalue weighted by molar-refractivity contribution is 0.143. The largest absolute Gasteiger partial charge is 0.331 e. The Balaban J connectivity index is 1.32. The van der Waals surface area contributed by atoms with Crippen molar-refractivity contribution in [2.45, 2.75) is 26.4 Å². The maximum atomic E-state index is 12.6. The molecule has 2 amide bonds. The number of fused-ring (bicyclic) bond motifs is 1. The standard InChI is InChI=1S/C22H27N5O/c1-2-10-27-17-23-20-15-19(8-9-21(20)27)24-22(28)26-13-11-25(12-14-26)16-18-6-4-3-5-7-18/h3-9,15,17H,2,10-14,16H2,1H3,(H,24,28). The van der Waals surface area contributed by atoms with Gasteiger partial charge in [0.1, 0.15) is 0 Å². The van der Waals surface area contributed by atoms with Gasteiger partial charge in [-0.3, -0.25) is 4.90 Å². The van der Waals surface area contributed by atoms with E-state index < -0.39 is 0 Å². The topological polar surface area (TPSA) is 53.4 Å².